The van der Waals surface area contributed by atoms with Crippen molar-refractivity contribution in [3.8, 4) is 34.3 Å². The summed E-state index contributed by atoms with van der Waals surface area (Å²) >= 11 is 0. The summed E-state index contributed by atoms with van der Waals surface area (Å²) in [6.07, 6.45) is 3.00. The van der Waals surface area contributed by atoms with Gasteiger partial charge in [0.25, 0.3) is 0 Å². The Morgan fingerprint density at radius 1 is 0.933 bits per heavy atom. The molecule has 2 N–H and O–H groups in total. The van der Waals surface area contributed by atoms with Gasteiger partial charge in [-0.3, -0.25) is 9.89 Å². The van der Waals surface area contributed by atoms with Crippen molar-refractivity contribution >= 4 is 11.5 Å². The predicted octanol–water partition coefficient (Wildman–Crippen LogP) is 3.92. The third kappa shape index (κ3) is 4.54. The molecule has 8 nitrogen and oxygen atoms in total. The molecule has 0 spiro atoms. The minimum Gasteiger partial charge on any atom is -0.497 e. The monoisotopic (exact) mass is 409 g/mol. The SMILES string of the molecule is COc1ccc(N/C=C\C(=O)c2cc(-c3cc(OC)c(OC)c(OC)c3)n[nH]2)cc1. The Morgan fingerprint density at radius 2 is 1.60 bits per heavy atom. The van der Waals surface area contributed by atoms with Gasteiger partial charge in [0.15, 0.2) is 11.5 Å². The molecule has 0 fully saturated rings. The Hall–Kier alpha value is -3.94. The average Bonchev–Trinajstić information content (AvgIpc) is 3.29. The van der Waals surface area contributed by atoms with Crippen molar-refractivity contribution < 1.29 is 23.7 Å². The number of hydrogen-bond donors (Lipinski definition) is 2. The summed E-state index contributed by atoms with van der Waals surface area (Å²) in [4.78, 5) is 12.4. The Kier molecular flexibility index (Phi) is 6.59. The van der Waals surface area contributed by atoms with Crippen LogP contribution in [0.2, 0.25) is 0 Å². The predicted molar refractivity (Wildman–Crippen MR) is 114 cm³/mol. The van der Waals surface area contributed by atoms with E-state index in [4.69, 9.17) is 18.9 Å². The summed E-state index contributed by atoms with van der Waals surface area (Å²) < 4.78 is 21.2. The summed E-state index contributed by atoms with van der Waals surface area (Å²) in [6, 6.07) is 12.6. The van der Waals surface area contributed by atoms with Crippen molar-refractivity contribution in [3.05, 3.63) is 60.4 Å². The molecule has 8 heteroatoms. The van der Waals surface area contributed by atoms with Crippen LogP contribution in [0.15, 0.2) is 54.7 Å². The minimum absolute atomic E-state index is 0.220. The van der Waals surface area contributed by atoms with Crippen LogP contribution in [0.4, 0.5) is 5.69 Å². The van der Waals surface area contributed by atoms with Crippen LogP contribution in [0.5, 0.6) is 23.0 Å². The maximum Gasteiger partial charge on any atom is 0.205 e. The number of nitrogens with one attached hydrogen (secondary N) is 2. The second kappa shape index (κ2) is 9.51. The van der Waals surface area contributed by atoms with Gasteiger partial charge in [0, 0.05) is 23.5 Å². The number of ketones is 1. The maximum absolute atomic E-state index is 12.4. The number of H-pyrrole nitrogens is 1. The molecule has 30 heavy (non-hydrogen) atoms. The fraction of sp³-hybridized carbons (Fsp3) is 0.182. The molecule has 0 amide bonds. The molecular formula is C22H23N3O5. The zero-order valence-electron chi connectivity index (χ0n) is 17.2. The average molecular weight is 409 g/mol. The van der Waals surface area contributed by atoms with Crippen molar-refractivity contribution in [3.63, 3.8) is 0 Å². The molecule has 0 saturated heterocycles. The van der Waals surface area contributed by atoms with E-state index >= 15 is 0 Å². The minimum atomic E-state index is -0.220. The van der Waals surface area contributed by atoms with Gasteiger partial charge < -0.3 is 24.3 Å². The zero-order valence-corrected chi connectivity index (χ0v) is 17.2. The topological polar surface area (TPSA) is 94.7 Å². The van der Waals surface area contributed by atoms with Crippen molar-refractivity contribution in [1.29, 1.82) is 0 Å². The first-order chi connectivity index (χ1) is 14.6. The highest BCUT2D eigenvalue weighted by Crippen LogP contribution is 2.40. The van der Waals surface area contributed by atoms with Crippen LogP contribution in [-0.4, -0.2) is 44.4 Å². The quantitative estimate of drug-likeness (QED) is 0.409. The molecule has 3 aromatic rings. The van der Waals surface area contributed by atoms with E-state index in [1.165, 1.54) is 13.2 Å². The number of nitrogens with zero attached hydrogens (tertiary/aromatic N) is 1. The Balaban J connectivity index is 1.74. The van der Waals surface area contributed by atoms with Crippen LogP contribution < -0.4 is 24.3 Å². The fourth-order valence-electron chi connectivity index (χ4n) is 2.82. The Morgan fingerprint density at radius 3 is 2.17 bits per heavy atom. The van der Waals surface area contributed by atoms with Crippen molar-refractivity contribution in [2.75, 3.05) is 33.8 Å². The maximum atomic E-state index is 12.4. The largest absolute Gasteiger partial charge is 0.497 e. The summed E-state index contributed by atoms with van der Waals surface area (Å²) in [5.74, 6) is 2.04. The molecule has 0 atom stereocenters. The van der Waals surface area contributed by atoms with Gasteiger partial charge in [0.2, 0.25) is 11.5 Å². The molecule has 1 aromatic heterocycles. The molecule has 0 saturated carbocycles. The van der Waals surface area contributed by atoms with Gasteiger partial charge >= 0.3 is 0 Å². The summed E-state index contributed by atoms with van der Waals surface area (Å²) in [6.45, 7) is 0. The van der Waals surface area contributed by atoms with Crippen LogP contribution in [-0.2, 0) is 0 Å². The van der Waals surface area contributed by atoms with Gasteiger partial charge in [-0.15, -0.1) is 0 Å². The molecule has 156 valence electrons. The van der Waals surface area contributed by atoms with Gasteiger partial charge in [-0.2, -0.15) is 5.10 Å². The number of anilines is 1. The molecule has 0 radical (unpaired) electrons. The number of benzene rings is 2. The first-order valence-electron chi connectivity index (χ1n) is 9.06. The number of allylic oxidation sites excluding steroid dienone is 1. The van der Waals surface area contributed by atoms with E-state index in [0.717, 1.165) is 17.0 Å². The molecule has 0 unspecified atom stereocenters. The third-order valence-electron chi connectivity index (χ3n) is 4.38. The first-order valence-corrected chi connectivity index (χ1v) is 9.06. The number of aromatic nitrogens is 2. The van der Waals surface area contributed by atoms with Crippen LogP contribution in [0, 0.1) is 0 Å². The van der Waals surface area contributed by atoms with Crippen molar-refractivity contribution in [2.24, 2.45) is 0 Å². The highest BCUT2D eigenvalue weighted by atomic mass is 16.5. The van der Waals surface area contributed by atoms with Gasteiger partial charge in [0.1, 0.15) is 11.4 Å². The van der Waals surface area contributed by atoms with E-state index in [1.54, 1.807) is 45.7 Å². The number of methoxy groups -OCH3 is 4. The number of carbonyl (C=O) groups excluding carboxylic acids is 1. The highest BCUT2D eigenvalue weighted by Gasteiger charge is 2.16. The summed E-state index contributed by atoms with van der Waals surface area (Å²) in [7, 11) is 6.23. The lowest BCUT2D eigenvalue weighted by molar-refractivity contribution is 0.104. The van der Waals surface area contributed by atoms with E-state index in [1.807, 2.05) is 24.3 Å². The van der Waals surface area contributed by atoms with Gasteiger partial charge in [-0.25, -0.2) is 0 Å². The summed E-state index contributed by atoms with van der Waals surface area (Å²) in [5, 5.41) is 10.0. The second-order valence-corrected chi connectivity index (χ2v) is 6.15. The van der Waals surface area contributed by atoms with E-state index in [-0.39, 0.29) is 5.78 Å². The molecule has 0 aliphatic carbocycles. The first kappa shape index (κ1) is 20.8. The standard InChI is InChI=1S/C22H23N3O5/c1-27-16-7-5-15(6-8-16)23-10-9-19(26)18-13-17(24-25-18)14-11-20(28-2)22(30-4)21(12-14)29-3/h5-13,23H,1-4H3,(H,24,25)/b10-9-. The lowest BCUT2D eigenvalue weighted by atomic mass is 10.1. The van der Waals surface area contributed by atoms with E-state index in [9.17, 15) is 4.79 Å². The number of aromatic amines is 1. The lowest BCUT2D eigenvalue weighted by Gasteiger charge is -2.13. The number of carbonyl (C=O) groups is 1. The number of ether oxygens (including phenoxy) is 4. The molecule has 2 aromatic carbocycles. The van der Waals surface area contributed by atoms with Crippen molar-refractivity contribution in [1.82, 2.24) is 10.2 Å². The number of rotatable bonds is 9. The van der Waals surface area contributed by atoms with Crippen LogP contribution >= 0.6 is 0 Å². The molecular weight excluding hydrogens is 386 g/mol. The van der Waals surface area contributed by atoms with Crippen LogP contribution in [0.25, 0.3) is 11.3 Å². The van der Waals surface area contributed by atoms with Crippen molar-refractivity contribution in [2.45, 2.75) is 0 Å². The Labute approximate surface area is 174 Å². The second-order valence-electron chi connectivity index (χ2n) is 6.15. The smallest absolute Gasteiger partial charge is 0.205 e. The van der Waals surface area contributed by atoms with E-state index in [0.29, 0.717) is 28.6 Å². The third-order valence-corrected chi connectivity index (χ3v) is 4.38. The van der Waals surface area contributed by atoms with Crippen LogP contribution in [0.3, 0.4) is 0 Å². The summed E-state index contributed by atoms with van der Waals surface area (Å²) in [5.41, 5.74) is 2.49. The molecule has 0 aliphatic rings. The molecule has 1 heterocycles. The molecule has 3 rings (SSSR count). The zero-order chi connectivity index (χ0) is 21.5. The van der Waals surface area contributed by atoms with E-state index < -0.39 is 0 Å². The van der Waals surface area contributed by atoms with Gasteiger partial charge in [0.05, 0.1) is 34.1 Å². The lowest BCUT2D eigenvalue weighted by Crippen LogP contribution is -1.96. The highest BCUT2D eigenvalue weighted by molar-refractivity contribution is 6.03. The fourth-order valence-corrected chi connectivity index (χ4v) is 2.82. The van der Waals surface area contributed by atoms with Crippen LogP contribution in [0.1, 0.15) is 10.5 Å². The Bertz CT molecular complexity index is 1020. The number of hydrogen-bond acceptors (Lipinski definition) is 7. The normalized spacial score (nSPS) is 10.7. The van der Waals surface area contributed by atoms with Gasteiger partial charge in [-0.1, -0.05) is 0 Å². The van der Waals surface area contributed by atoms with Gasteiger partial charge in [-0.05, 0) is 42.5 Å². The molecule has 0 aliphatic heterocycles. The molecule has 0 bridgehead atoms. The van der Waals surface area contributed by atoms with E-state index in [2.05, 4.69) is 15.5 Å².